The van der Waals surface area contributed by atoms with E-state index < -0.39 is 0 Å². The summed E-state index contributed by atoms with van der Waals surface area (Å²) in [5.41, 5.74) is 10.6. The predicted octanol–water partition coefficient (Wildman–Crippen LogP) is 12.8. The van der Waals surface area contributed by atoms with Crippen molar-refractivity contribution in [2.75, 3.05) is 0 Å². The highest BCUT2D eigenvalue weighted by molar-refractivity contribution is 6.22. The van der Waals surface area contributed by atoms with E-state index >= 15 is 0 Å². The molecule has 2 heterocycles. The Morgan fingerprint density at radius 2 is 0.739 bits per heavy atom. The molecule has 0 atom stereocenters. The van der Waals surface area contributed by atoms with Crippen molar-refractivity contribution in [1.82, 2.24) is 0 Å². The molecular weight excluding hydrogens is 560 g/mol. The number of hydrogen-bond donors (Lipinski definition) is 0. The van der Waals surface area contributed by atoms with E-state index in [1.807, 2.05) is 18.2 Å². The van der Waals surface area contributed by atoms with Gasteiger partial charge in [0.2, 0.25) is 0 Å². The van der Waals surface area contributed by atoms with Gasteiger partial charge in [-0.15, -0.1) is 0 Å². The zero-order valence-electron chi connectivity index (χ0n) is 24.8. The van der Waals surface area contributed by atoms with Crippen molar-refractivity contribution < 1.29 is 8.83 Å². The van der Waals surface area contributed by atoms with Crippen molar-refractivity contribution in [1.29, 1.82) is 0 Å². The third-order valence-corrected chi connectivity index (χ3v) is 9.46. The van der Waals surface area contributed by atoms with E-state index in [9.17, 15) is 0 Å². The van der Waals surface area contributed by atoms with Crippen LogP contribution < -0.4 is 0 Å². The number of benzene rings is 8. The lowest BCUT2D eigenvalue weighted by atomic mass is 9.85. The standard InChI is InChI=1S/C44H26O2/c1-2-11-27(12-3-1)41-32-16-4-6-18-34(32)42(35-19-7-5-17-33(35)41)30-14-10-13-28(25-30)29-21-24-40-38(26-29)37-23-22-36-31-15-8-9-20-39(31)45-43(36)44(37)46-40/h1-26H. The zero-order chi connectivity index (χ0) is 30.2. The van der Waals surface area contributed by atoms with Crippen LogP contribution in [0.3, 0.4) is 0 Å². The molecule has 0 saturated carbocycles. The first-order valence-electron chi connectivity index (χ1n) is 15.7. The second-order valence-corrected chi connectivity index (χ2v) is 12.0. The van der Waals surface area contributed by atoms with Crippen LogP contribution in [0, 0.1) is 0 Å². The molecule has 0 unspecified atom stereocenters. The second-order valence-electron chi connectivity index (χ2n) is 12.0. The minimum Gasteiger partial charge on any atom is -0.452 e. The molecule has 0 aliphatic rings. The van der Waals surface area contributed by atoms with Crippen LogP contribution in [-0.2, 0) is 0 Å². The molecule has 0 spiro atoms. The quantitative estimate of drug-likeness (QED) is 0.193. The average molecular weight is 587 g/mol. The molecule has 0 fully saturated rings. The highest BCUT2D eigenvalue weighted by Crippen LogP contribution is 2.45. The zero-order valence-corrected chi connectivity index (χ0v) is 24.8. The Morgan fingerprint density at radius 3 is 1.41 bits per heavy atom. The fourth-order valence-electron chi connectivity index (χ4n) is 7.41. The third kappa shape index (κ3) is 3.65. The molecule has 0 N–H and O–H groups in total. The largest absolute Gasteiger partial charge is 0.452 e. The number of fused-ring (bicyclic) bond motifs is 9. The van der Waals surface area contributed by atoms with Gasteiger partial charge >= 0.3 is 0 Å². The molecule has 0 amide bonds. The predicted molar refractivity (Wildman–Crippen MR) is 192 cm³/mol. The molecular formula is C44H26O2. The first-order chi connectivity index (χ1) is 22.8. The summed E-state index contributed by atoms with van der Waals surface area (Å²) in [6.45, 7) is 0. The SMILES string of the molecule is c1ccc(-c2c3ccccc3c(-c3cccc(-c4ccc5oc6c(ccc7c8ccccc8oc76)c5c4)c3)c3ccccc23)cc1. The Kier molecular flexibility index (Phi) is 5.31. The molecule has 0 aliphatic carbocycles. The molecule has 10 aromatic rings. The van der Waals surface area contributed by atoms with Gasteiger partial charge in [-0.2, -0.15) is 0 Å². The Balaban J connectivity index is 1.17. The molecule has 2 heteroatoms. The molecule has 0 bridgehead atoms. The van der Waals surface area contributed by atoms with Crippen LogP contribution in [0.25, 0.3) is 98.8 Å². The molecule has 0 saturated heterocycles. The summed E-state index contributed by atoms with van der Waals surface area (Å²) in [5, 5.41) is 9.36. The Morgan fingerprint density at radius 1 is 0.261 bits per heavy atom. The third-order valence-electron chi connectivity index (χ3n) is 9.46. The monoisotopic (exact) mass is 586 g/mol. The molecule has 214 valence electrons. The Hall–Kier alpha value is -6.12. The number of hydrogen-bond acceptors (Lipinski definition) is 2. The van der Waals surface area contributed by atoms with Gasteiger partial charge in [0, 0.05) is 21.5 Å². The van der Waals surface area contributed by atoms with E-state index in [2.05, 4.69) is 140 Å². The van der Waals surface area contributed by atoms with Gasteiger partial charge in [-0.3, -0.25) is 0 Å². The molecule has 2 nitrogen and oxygen atoms in total. The van der Waals surface area contributed by atoms with Crippen LogP contribution in [0.15, 0.2) is 167 Å². The van der Waals surface area contributed by atoms with E-state index in [1.54, 1.807) is 0 Å². The topological polar surface area (TPSA) is 26.3 Å². The lowest BCUT2D eigenvalue weighted by Gasteiger charge is -2.18. The Bertz CT molecular complexity index is 2740. The highest BCUT2D eigenvalue weighted by atomic mass is 16.4. The highest BCUT2D eigenvalue weighted by Gasteiger charge is 2.18. The second kappa shape index (κ2) is 9.69. The van der Waals surface area contributed by atoms with Crippen LogP contribution in [0.5, 0.6) is 0 Å². The number of rotatable bonds is 3. The van der Waals surface area contributed by atoms with Crippen molar-refractivity contribution in [3.63, 3.8) is 0 Å². The van der Waals surface area contributed by atoms with Gasteiger partial charge in [0.05, 0.1) is 0 Å². The van der Waals surface area contributed by atoms with E-state index in [0.29, 0.717) is 0 Å². The summed E-state index contributed by atoms with van der Waals surface area (Å²) in [5.74, 6) is 0. The maximum Gasteiger partial charge on any atom is 0.178 e. The first-order valence-corrected chi connectivity index (χ1v) is 15.7. The fraction of sp³-hybridized carbons (Fsp3) is 0. The van der Waals surface area contributed by atoms with Gasteiger partial charge in [-0.05, 0) is 91.3 Å². The lowest BCUT2D eigenvalue weighted by Crippen LogP contribution is -1.91. The molecule has 10 rings (SSSR count). The summed E-state index contributed by atoms with van der Waals surface area (Å²) >= 11 is 0. The summed E-state index contributed by atoms with van der Waals surface area (Å²) in [7, 11) is 0. The molecule has 0 radical (unpaired) electrons. The van der Waals surface area contributed by atoms with Crippen LogP contribution in [-0.4, -0.2) is 0 Å². The minimum absolute atomic E-state index is 0.797. The van der Waals surface area contributed by atoms with Gasteiger partial charge in [0.15, 0.2) is 11.2 Å². The fourth-order valence-corrected chi connectivity index (χ4v) is 7.41. The summed E-state index contributed by atoms with van der Waals surface area (Å²) in [4.78, 5) is 0. The van der Waals surface area contributed by atoms with Gasteiger partial charge in [0.25, 0.3) is 0 Å². The van der Waals surface area contributed by atoms with Gasteiger partial charge in [0.1, 0.15) is 11.2 Å². The minimum atomic E-state index is 0.797. The molecule has 46 heavy (non-hydrogen) atoms. The van der Waals surface area contributed by atoms with Crippen LogP contribution in [0.4, 0.5) is 0 Å². The lowest BCUT2D eigenvalue weighted by molar-refractivity contribution is 0.633. The van der Waals surface area contributed by atoms with E-state index in [1.165, 1.54) is 49.4 Å². The normalized spacial score (nSPS) is 11.9. The van der Waals surface area contributed by atoms with E-state index in [-0.39, 0.29) is 0 Å². The van der Waals surface area contributed by atoms with Crippen LogP contribution in [0.1, 0.15) is 0 Å². The number of para-hydroxylation sites is 1. The Labute approximate surface area is 264 Å². The maximum atomic E-state index is 6.43. The van der Waals surface area contributed by atoms with Crippen molar-refractivity contribution in [2.45, 2.75) is 0 Å². The van der Waals surface area contributed by atoms with Crippen molar-refractivity contribution >= 4 is 65.4 Å². The van der Waals surface area contributed by atoms with Crippen molar-refractivity contribution in [3.8, 4) is 33.4 Å². The van der Waals surface area contributed by atoms with Crippen LogP contribution in [0.2, 0.25) is 0 Å². The van der Waals surface area contributed by atoms with Gasteiger partial charge < -0.3 is 8.83 Å². The van der Waals surface area contributed by atoms with Crippen molar-refractivity contribution in [3.05, 3.63) is 158 Å². The summed E-state index contributed by atoms with van der Waals surface area (Å²) < 4.78 is 12.7. The van der Waals surface area contributed by atoms with Crippen molar-refractivity contribution in [2.24, 2.45) is 0 Å². The summed E-state index contributed by atoms with van der Waals surface area (Å²) in [6, 6.07) is 56.3. The molecule has 0 aliphatic heterocycles. The van der Waals surface area contributed by atoms with E-state index in [0.717, 1.165) is 49.4 Å². The summed E-state index contributed by atoms with van der Waals surface area (Å²) in [6.07, 6.45) is 0. The number of furan rings is 2. The average Bonchev–Trinajstić information content (AvgIpc) is 3.69. The van der Waals surface area contributed by atoms with Crippen LogP contribution >= 0.6 is 0 Å². The van der Waals surface area contributed by atoms with E-state index in [4.69, 9.17) is 8.83 Å². The maximum absolute atomic E-state index is 6.43. The van der Waals surface area contributed by atoms with Gasteiger partial charge in [-0.25, -0.2) is 0 Å². The molecule has 8 aromatic carbocycles. The first kappa shape index (κ1) is 25.2. The van der Waals surface area contributed by atoms with Gasteiger partial charge in [-0.1, -0.05) is 121 Å². The smallest absolute Gasteiger partial charge is 0.178 e. The molecule has 2 aromatic heterocycles.